The van der Waals surface area contributed by atoms with Gasteiger partial charge in [0.1, 0.15) is 0 Å². The van der Waals surface area contributed by atoms with Crippen LogP contribution >= 0.6 is 11.8 Å². The van der Waals surface area contributed by atoms with Gasteiger partial charge in [0, 0.05) is 23.3 Å². The van der Waals surface area contributed by atoms with Crippen LogP contribution in [0.1, 0.15) is 28.4 Å². The van der Waals surface area contributed by atoms with Gasteiger partial charge in [0.2, 0.25) is 5.91 Å². The molecule has 4 heteroatoms. The Morgan fingerprint density at radius 1 is 1.09 bits per heavy atom. The Labute approximate surface area is 140 Å². The predicted octanol–water partition coefficient (Wildman–Crippen LogP) is 3.66. The lowest BCUT2D eigenvalue weighted by Gasteiger charge is -2.38. The largest absolute Gasteiger partial charge is 0.281 e. The van der Waals surface area contributed by atoms with Gasteiger partial charge < -0.3 is 0 Å². The van der Waals surface area contributed by atoms with Crippen LogP contribution in [0.3, 0.4) is 0 Å². The molecule has 0 radical (unpaired) electrons. The Balaban J connectivity index is 1.97. The first-order valence-electron chi connectivity index (χ1n) is 7.55. The summed E-state index contributed by atoms with van der Waals surface area (Å²) in [4.78, 5) is 27.5. The molecule has 0 spiro atoms. The number of hydrogen-bond acceptors (Lipinski definition) is 3. The van der Waals surface area contributed by atoms with Crippen LogP contribution in [0.15, 0.2) is 53.4 Å². The normalized spacial score (nSPS) is 20.6. The Kier molecular flexibility index (Phi) is 4.02. The van der Waals surface area contributed by atoms with E-state index in [-0.39, 0.29) is 11.8 Å². The van der Waals surface area contributed by atoms with Crippen molar-refractivity contribution in [3.05, 3.63) is 65.2 Å². The Bertz CT molecular complexity index is 786. The second kappa shape index (κ2) is 5.85. The van der Waals surface area contributed by atoms with Gasteiger partial charge in [-0.25, -0.2) is 0 Å². The zero-order chi connectivity index (χ0) is 16.6. The first-order valence-corrected chi connectivity index (χ1v) is 8.53. The van der Waals surface area contributed by atoms with E-state index in [2.05, 4.69) is 25.1 Å². The molecule has 1 unspecified atom stereocenters. The SMILES string of the molecule is Cc1cccc(SCC2(C)C(=O)N(C)C(=O)c3ccccc32)c1. The summed E-state index contributed by atoms with van der Waals surface area (Å²) in [6.45, 7) is 3.99. The fourth-order valence-electron chi connectivity index (χ4n) is 2.98. The number of carbonyl (C=O) groups is 2. The van der Waals surface area contributed by atoms with Gasteiger partial charge in [0.05, 0.1) is 5.41 Å². The number of carbonyl (C=O) groups excluding carboxylic acids is 2. The highest BCUT2D eigenvalue weighted by Gasteiger charge is 2.45. The van der Waals surface area contributed by atoms with Crippen molar-refractivity contribution in [1.29, 1.82) is 0 Å². The predicted molar refractivity (Wildman–Crippen MR) is 92.8 cm³/mol. The van der Waals surface area contributed by atoms with Crippen LogP contribution in [-0.4, -0.2) is 29.5 Å². The molecule has 1 aliphatic rings. The first-order chi connectivity index (χ1) is 10.9. The van der Waals surface area contributed by atoms with Crippen LogP contribution in [-0.2, 0) is 10.2 Å². The summed E-state index contributed by atoms with van der Waals surface area (Å²) >= 11 is 1.65. The molecule has 3 rings (SSSR count). The fourth-order valence-corrected chi connectivity index (χ4v) is 4.16. The average molecular weight is 325 g/mol. The number of rotatable bonds is 3. The van der Waals surface area contributed by atoms with E-state index in [1.807, 2.05) is 31.2 Å². The van der Waals surface area contributed by atoms with Gasteiger partial charge in [0.15, 0.2) is 0 Å². The van der Waals surface area contributed by atoms with E-state index >= 15 is 0 Å². The van der Waals surface area contributed by atoms with Crippen molar-refractivity contribution in [3.8, 4) is 0 Å². The number of fused-ring (bicyclic) bond motifs is 1. The van der Waals surface area contributed by atoms with Crippen molar-refractivity contribution in [3.63, 3.8) is 0 Å². The lowest BCUT2D eigenvalue weighted by atomic mass is 9.77. The summed E-state index contributed by atoms with van der Waals surface area (Å²) in [6.07, 6.45) is 0. The second-order valence-electron chi connectivity index (χ2n) is 6.15. The van der Waals surface area contributed by atoms with Gasteiger partial charge >= 0.3 is 0 Å². The van der Waals surface area contributed by atoms with Gasteiger partial charge in [0.25, 0.3) is 5.91 Å². The maximum absolute atomic E-state index is 12.8. The summed E-state index contributed by atoms with van der Waals surface area (Å²) in [7, 11) is 1.57. The van der Waals surface area contributed by atoms with Crippen LogP contribution in [0.5, 0.6) is 0 Å². The molecule has 1 heterocycles. The molecule has 2 aromatic rings. The van der Waals surface area contributed by atoms with Crippen LogP contribution in [0.25, 0.3) is 0 Å². The van der Waals surface area contributed by atoms with Crippen LogP contribution < -0.4 is 0 Å². The molecule has 2 aromatic carbocycles. The number of amides is 2. The quantitative estimate of drug-likeness (QED) is 0.638. The minimum absolute atomic E-state index is 0.138. The van der Waals surface area contributed by atoms with Crippen molar-refractivity contribution in [2.45, 2.75) is 24.2 Å². The summed E-state index contributed by atoms with van der Waals surface area (Å²) in [5.41, 5.74) is 1.95. The van der Waals surface area contributed by atoms with E-state index in [1.54, 1.807) is 24.9 Å². The summed E-state index contributed by atoms with van der Waals surface area (Å²) in [6, 6.07) is 15.7. The third kappa shape index (κ3) is 2.68. The highest BCUT2D eigenvalue weighted by atomic mass is 32.2. The number of benzene rings is 2. The zero-order valence-electron chi connectivity index (χ0n) is 13.5. The second-order valence-corrected chi connectivity index (χ2v) is 7.20. The monoisotopic (exact) mass is 325 g/mol. The molecule has 23 heavy (non-hydrogen) atoms. The molecular weight excluding hydrogens is 306 g/mol. The number of imide groups is 1. The van der Waals surface area contributed by atoms with Crippen LogP contribution in [0, 0.1) is 6.92 Å². The minimum atomic E-state index is -0.701. The molecule has 118 valence electrons. The molecule has 0 N–H and O–H groups in total. The van der Waals surface area contributed by atoms with Gasteiger partial charge in [-0.1, -0.05) is 35.9 Å². The fraction of sp³-hybridized carbons (Fsp3) is 0.263. The highest BCUT2D eigenvalue weighted by Crippen LogP contribution is 2.38. The maximum Gasteiger partial charge on any atom is 0.260 e. The maximum atomic E-state index is 12.8. The van der Waals surface area contributed by atoms with Crippen molar-refractivity contribution in [2.24, 2.45) is 0 Å². The lowest BCUT2D eigenvalue weighted by Crippen LogP contribution is -2.52. The molecule has 0 fully saturated rings. The number of thioether (sulfide) groups is 1. The van der Waals surface area contributed by atoms with E-state index in [0.717, 1.165) is 10.5 Å². The number of nitrogens with zero attached hydrogens (tertiary/aromatic N) is 1. The molecule has 0 aliphatic carbocycles. The molecular formula is C19H19NO2S. The van der Waals surface area contributed by atoms with Crippen molar-refractivity contribution >= 4 is 23.6 Å². The third-order valence-corrected chi connectivity index (χ3v) is 5.66. The van der Waals surface area contributed by atoms with Gasteiger partial charge in [-0.15, -0.1) is 11.8 Å². The molecule has 0 saturated carbocycles. The third-order valence-electron chi connectivity index (χ3n) is 4.35. The van der Waals surface area contributed by atoms with E-state index in [9.17, 15) is 9.59 Å². The zero-order valence-corrected chi connectivity index (χ0v) is 14.3. The Morgan fingerprint density at radius 3 is 2.57 bits per heavy atom. The molecule has 1 atom stereocenters. The Hall–Kier alpha value is -2.07. The average Bonchev–Trinajstić information content (AvgIpc) is 2.57. The topological polar surface area (TPSA) is 37.4 Å². The molecule has 0 bridgehead atoms. The number of aryl methyl sites for hydroxylation is 1. The Morgan fingerprint density at radius 2 is 1.83 bits per heavy atom. The van der Waals surface area contributed by atoms with Crippen LogP contribution in [0.4, 0.5) is 0 Å². The smallest absolute Gasteiger partial charge is 0.260 e. The summed E-state index contributed by atoms with van der Waals surface area (Å²) < 4.78 is 0. The van der Waals surface area contributed by atoms with E-state index in [4.69, 9.17) is 0 Å². The van der Waals surface area contributed by atoms with Crippen molar-refractivity contribution in [2.75, 3.05) is 12.8 Å². The van der Waals surface area contributed by atoms with Crippen molar-refractivity contribution in [1.82, 2.24) is 4.90 Å². The molecule has 0 saturated heterocycles. The van der Waals surface area contributed by atoms with Gasteiger partial charge in [-0.3, -0.25) is 14.5 Å². The summed E-state index contributed by atoms with van der Waals surface area (Å²) in [5, 5.41) is 0. The molecule has 0 aromatic heterocycles. The number of likely N-dealkylation sites (N-methyl/N-ethyl adjacent to an activating group) is 1. The molecule has 1 aliphatic heterocycles. The minimum Gasteiger partial charge on any atom is -0.281 e. The summed E-state index contributed by atoms with van der Waals surface area (Å²) in [5.74, 6) is 0.245. The van der Waals surface area contributed by atoms with Crippen molar-refractivity contribution < 1.29 is 9.59 Å². The van der Waals surface area contributed by atoms with Gasteiger partial charge in [-0.2, -0.15) is 0 Å². The highest BCUT2D eigenvalue weighted by molar-refractivity contribution is 7.99. The lowest BCUT2D eigenvalue weighted by molar-refractivity contribution is -0.132. The first kappa shape index (κ1) is 15.8. The van der Waals surface area contributed by atoms with Crippen LogP contribution in [0.2, 0.25) is 0 Å². The van der Waals surface area contributed by atoms with Gasteiger partial charge in [-0.05, 0) is 37.6 Å². The molecule has 3 nitrogen and oxygen atoms in total. The van der Waals surface area contributed by atoms with E-state index in [0.29, 0.717) is 11.3 Å². The van der Waals surface area contributed by atoms with E-state index < -0.39 is 5.41 Å². The molecule has 2 amide bonds. The van der Waals surface area contributed by atoms with E-state index in [1.165, 1.54) is 10.5 Å². The standard InChI is InChI=1S/C19H19NO2S/c1-13-7-6-8-14(11-13)23-12-19(2)16-10-5-4-9-15(16)17(21)20(3)18(19)22/h4-11H,12H2,1-3H3. The number of hydrogen-bond donors (Lipinski definition) is 0.